The summed E-state index contributed by atoms with van der Waals surface area (Å²) in [6, 6.07) is 5.38. The lowest BCUT2D eigenvalue weighted by Crippen LogP contribution is -2.29. The van der Waals surface area contributed by atoms with Crippen molar-refractivity contribution in [1.82, 2.24) is 5.32 Å². The number of aliphatic hydroxyl groups is 1. The van der Waals surface area contributed by atoms with Gasteiger partial charge >= 0.3 is 0 Å². The molecule has 4 nitrogen and oxygen atoms in total. The molecule has 0 aromatic heterocycles. The lowest BCUT2D eigenvalue weighted by molar-refractivity contribution is -0.123. The molecule has 0 atom stereocenters. The fourth-order valence-electron chi connectivity index (χ4n) is 1.43. The quantitative estimate of drug-likeness (QED) is 0.759. The minimum absolute atomic E-state index is 0.0423. The number of rotatable bonds is 7. The zero-order valence-electron chi connectivity index (χ0n) is 10.4. The van der Waals surface area contributed by atoms with Gasteiger partial charge in [-0.25, -0.2) is 0 Å². The van der Waals surface area contributed by atoms with Crippen LogP contribution in [0.5, 0.6) is 5.75 Å². The van der Waals surface area contributed by atoms with E-state index in [4.69, 9.17) is 4.74 Å². The molecule has 0 aliphatic carbocycles. The van der Waals surface area contributed by atoms with Gasteiger partial charge in [0.1, 0.15) is 5.75 Å². The first-order valence-corrected chi connectivity index (χ1v) is 6.76. The highest BCUT2D eigenvalue weighted by Crippen LogP contribution is 2.28. The van der Waals surface area contributed by atoms with Crippen LogP contribution < -0.4 is 10.1 Å². The van der Waals surface area contributed by atoms with Crippen molar-refractivity contribution in [3.63, 3.8) is 0 Å². The first-order chi connectivity index (χ1) is 8.69. The van der Waals surface area contributed by atoms with Crippen LogP contribution in [0.2, 0.25) is 0 Å². The standard InChI is InChI=1S/C13H18BrNO3/c1-2-3-7-15-12(17)9-18-13-10(8-16)5-4-6-11(13)14/h4-6,16H,2-3,7-9H2,1H3,(H,15,17). The van der Waals surface area contributed by atoms with E-state index < -0.39 is 0 Å². The zero-order chi connectivity index (χ0) is 13.4. The Hall–Kier alpha value is -1.07. The number of carbonyl (C=O) groups is 1. The highest BCUT2D eigenvalue weighted by molar-refractivity contribution is 9.10. The lowest BCUT2D eigenvalue weighted by atomic mass is 10.2. The highest BCUT2D eigenvalue weighted by Gasteiger charge is 2.09. The van der Waals surface area contributed by atoms with Crippen molar-refractivity contribution in [2.45, 2.75) is 26.4 Å². The number of carbonyl (C=O) groups excluding carboxylic acids is 1. The Morgan fingerprint density at radius 2 is 2.28 bits per heavy atom. The molecule has 0 unspecified atom stereocenters. The number of unbranched alkanes of at least 4 members (excludes halogenated alkanes) is 1. The van der Waals surface area contributed by atoms with Gasteiger partial charge in [-0.05, 0) is 28.4 Å². The molecule has 18 heavy (non-hydrogen) atoms. The summed E-state index contributed by atoms with van der Waals surface area (Å²) in [6.45, 7) is 2.57. The van der Waals surface area contributed by atoms with Crippen LogP contribution in [0.3, 0.4) is 0 Å². The first-order valence-electron chi connectivity index (χ1n) is 5.96. The minimum Gasteiger partial charge on any atom is -0.482 e. The number of ether oxygens (including phenoxy) is 1. The Bertz CT molecular complexity index is 396. The largest absolute Gasteiger partial charge is 0.482 e. The average Bonchev–Trinajstić information content (AvgIpc) is 2.37. The zero-order valence-corrected chi connectivity index (χ0v) is 12.0. The Morgan fingerprint density at radius 3 is 2.94 bits per heavy atom. The molecule has 0 aliphatic rings. The maximum atomic E-state index is 11.5. The third-order valence-electron chi connectivity index (χ3n) is 2.42. The molecule has 2 N–H and O–H groups in total. The molecule has 0 spiro atoms. The summed E-state index contributed by atoms with van der Waals surface area (Å²) < 4.78 is 6.16. The van der Waals surface area contributed by atoms with Gasteiger partial charge < -0.3 is 15.2 Å². The molecule has 100 valence electrons. The number of benzene rings is 1. The molecule has 0 fully saturated rings. The number of para-hydroxylation sites is 1. The van der Waals surface area contributed by atoms with Gasteiger partial charge in [-0.2, -0.15) is 0 Å². The topological polar surface area (TPSA) is 58.6 Å². The number of amides is 1. The predicted molar refractivity (Wildman–Crippen MR) is 73.5 cm³/mol. The van der Waals surface area contributed by atoms with Crippen molar-refractivity contribution in [3.05, 3.63) is 28.2 Å². The summed E-state index contributed by atoms with van der Waals surface area (Å²) in [5, 5.41) is 11.9. The maximum Gasteiger partial charge on any atom is 0.257 e. The fraction of sp³-hybridized carbons (Fsp3) is 0.462. The van der Waals surface area contributed by atoms with Gasteiger partial charge in [0.25, 0.3) is 5.91 Å². The molecule has 0 heterocycles. The van der Waals surface area contributed by atoms with E-state index in [-0.39, 0.29) is 19.1 Å². The van der Waals surface area contributed by atoms with E-state index in [1.54, 1.807) is 6.07 Å². The smallest absolute Gasteiger partial charge is 0.257 e. The first kappa shape index (κ1) is 15.0. The summed E-state index contributed by atoms with van der Waals surface area (Å²) in [7, 11) is 0. The molecule has 1 rings (SSSR count). The fourth-order valence-corrected chi connectivity index (χ4v) is 1.95. The summed E-state index contributed by atoms with van der Waals surface area (Å²) in [6.07, 6.45) is 2.00. The summed E-state index contributed by atoms with van der Waals surface area (Å²) in [5.41, 5.74) is 0.658. The van der Waals surface area contributed by atoms with Gasteiger partial charge in [-0.15, -0.1) is 0 Å². The monoisotopic (exact) mass is 315 g/mol. The SMILES string of the molecule is CCCCNC(=O)COc1c(Br)cccc1CO. The maximum absolute atomic E-state index is 11.5. The molecular weight excluding hydrogens is 298 g/mol. The minimum atomic E-state index is -0.150. The van der Waals surface area contributed by atoms with Crippen molar-refractivity contribution < 1.29 is 14.6 Å². The molecular formula is C13H18BrNO3. The number of aliphatic hydroxyl groups excluding tert-OH is 1. The predicted octanol–water partition coefficient (Wildman–Crippen LogP) is 2.24. The third kappa shape index (κ3) is 4.66. The summed E-state index contributed by atoms with van der Waals surface area (Å²) in [5.74, 6) is 0.369. The van der Waals surface area contributed by atoms with Crippen LogP contribution in [0.15, 0.2) is 22.7 Å². The van der Waals surface area contributed by atoms with Crippen LogP contribution in [-0.2, 0) is 11.4 Å². The van der Waals surface area contributed by atoms with E-state index in [1.807, 2.05) is 12.1 Å². The normalized spacial score (nSPS) is 10.2. The van der Waals surface area contributed by atoms with E-state index in [1.165, 1.54) is 0 Å². The van der Waals surface area contributed by atoms with Crippen molar-refractivity contribution in [2.24, 2.45) is 0 Å². The summed E-state index contributed by atoms with van der Waals surface area (Å²) in [4.78, 5) is 11.5. The molecule has 0 radical (unpaired) electrons. The second-order valence-corrected chi connectivity index (χ2v) is 4.73. The second-order valence-electron chi connectivity index (χ2n) is 3.88. The van der Waals surface area contributed by atoms with Crippen molar-refractivity contribution in [3.8, 4) is 5.75 Å². The van der Waals surface area contributed by atoms with Gasteiger partial charge in [0.05, 0.1) is 11.1 Å². The van der Waals surface area contributed by atoms with E-state index in [0.717, 1.165) is 17.3 Å². The van der Waals surface area contributed by atoms with Crippen LogP contribution in [0.25, 0.3) is 0 Å². The van der Waals surface area contributed by atoms with Crippen LogP contribution in [0, 0.1) is 0 Å². The Kier molecular flexibility index (Phi) is 6.75. The molecule has 0 saturated heterocycles. The van der Waals surface area contributed by atoms with Gasteiger partial charge in [0.15, 0.2) is 6.61 Å². The van der Waals surface area contributed by atoms with Gasteiger partial charge in [0, 0.05) is 12.1 Å². The van der Waals surface area contributed by atoms with Crippen LogP contribution >= 0.6 is 15.9 Å². The van der Waals surface area contributed by atoms with E-state index >= 15 is 0 Å². The molecule has 1 aromatic carbocycles. The molecule has 0 bridgehead atoms. The van der Waals surface area contributed by atoms with Gasteiger partial charge in [-0.1, -0.05) is 25.5 Å². The molecule has 0 saturated carbocycles. The number of halogens is 1. The molecule has 5 heteroatoms. The molecule has 0 aliphatic heterocycles. The number of hydrogen-bond acceptors (Lipinski definition) is 3. The summed E-state index contributed by atoms with van der Waals surface area (Å²) >= 11 is 3.33. The molecule has 1 amide bonds. The number of nitrogens with one attached hydrogen (secondary N) is 1. The van der Waals surface area contributed by atoms with E-state index in [0.29, 0.717) is 17.9 Å². The van der Waals surface area contributed by atoms with Crippen molar-refractivity contribution in [2.75, 3.05) is 13.2 Å². The van der Waals surface area contributed by atoms with E-state index in [2.05, 4.69) is 28.2 Å². The Balaban J connectivity index is 2.50. The van der Waals surface area contributed by atoms with Crippen LogP contribution in [-0.4, -0.2) is 24.2 Å². The molecule has 1 aromatic rings. The van der Waals surface area contributed by atoms with Crippen LogP contribution in [0.4, 0.5) is 0 Å². The third-order valence-corrected chi connectivity index (χ3v) is 3.04. The van der Waals surface area contributed by atoms with Gasteiger partial charge in [-0.3, -0.25) is 4.79 Å². The van der Waals surface area contributed by atoms with Crippen molar-refractivity contribution in [1.29, 1.82) is 0 Å². The van der Waals surface area contributed by atoms with Crippen LogP contribution in [0.1, 0.15) is 25.3 Å². The Morgan fingerprint density at radius 1 is 1.50 bits per heavy atom. The lowest BCUT2D eigenvalue weighted by Gasteiger charge is -2.11. The second kappa shape index (κ2) is 8.11. The van der Waals surface area contributed by atoms with E-state index in [9.17, 15) is 9.90 Å². The highest BCUT2D eigenvalue weighted by atomic mass is 79.9. The van der Waals surface area contributed by atoms with Crippen molar-refractivity contribution >= 4 is 21.8 Å². The Labute approximate surface area is 115 Å². The average molecular weight is 316 g/mol. The number of hydrogen-bond donors (Lipinski definition) is 2. The van der Waals surface area contributed by atoms with Gasteiger partial charge in [0.2, 0.25) is 0 Å².